The number of aromatic nitrogens is 2. The molecular weight excluding hydrogens is 192 g/mol. The van der Waals surface area contributed by atoms with Crippen LogP contribution < -0.4 is 0 Å². The van der Waals surface area contributed by atoms with Gasteiger partial charge in [-0.1, -0.05) is 6.42 Å². The monoisotopic (exact) mass is 204 g/mol. The second-order valence-electron chi connectivity index (χ2n) is 3.78. The van der Waals surface area contributed by atoms with E-state index in [1.54, 1.807) is 0 Å². The van der Waals surface area contributed by atoms with Crippen LogP contribution in [-0.4, -0.2) is 21.5 Å². The number of carbonyl (C=O) groups excluding carboxylic acids is 2. The number of hydrogen-bond acceptors (Lipinski definition) is 4. The maximum atomic E-state index is 11.6. The molecule has 0 radical (unpaired) electrons. The van der Waals surface area contributed by atoms with Crippen molar-refractivity contribution in [3.8, 4) is 0 Å². The summed E-state index contributed by atoms with van der Waals surface area (Å²) in [4.78, 5) is 30.8. The Bertz CT molecular complexity index is 371. The third-order valence-electron chi connectivity index (χ3n) is 2.74. The summed E-state index contributed by atoms with van der Waals surface area (Å²) in [5.41, 5.74) is 0.283. The summed E-state index contributed by atoms with van der Waals surface area (Å²) in [5, 5.41) is 0. The Morgan fingerprint density at radius 1 is 1.33 bits per heavy atom. The maximum Gasteiger partial charge on any atom is 0.190 e. The normalized spacial score (nSPS) is 15.7. The SMILES string of the molecule is O=C(CC(=O)C1CCC1)c1cnccn1. The van der Waals surface area contributed by atoms with E-state index in [9.17, 15) is 9.59 Å². The Kier molecular flexibility index (Phi) is 2.85. The van der Waals surface area contributed by atoms with Gasteiger partial charge in [0, 0.05) is 18.3 Å². The van der Waals surface area contributed by atoms with Crippen molar-refractivity contribution in [3.05, 3.63) is 24.3 Å². The molecule has 1 aromatic heterocycles. The first-order valence-corrected chi connectivity index (χ1v) is 5.09. The number of rotatable bonds is 4. The van der Waals surface area contributed by atoms with E-state index in [0.29, 0.717) is 0 Å². The van der Waals surface area contributed by atoms with Crippen LogP contribution in [0.2, 0.25) is 0 Å². The fraction of sp³-hybridized carbons (Fsp3) is 0.455. The zero-order valence-corrected chi connectivity index (χ0v) is 8.35. The van der Waals surface area contributed by atoms with Gasteiger partial charge in [-0.05, 0) is 12.8 Å². The topological polar surface area (TPSA) is 59.9 Å². The highest BCUT2D eigenvalue weighted by Crippen LogP contribution is 2.28. The molecule has 2 rings (SSSR count). The molecule has 1 aliphatic carbocycles. The first kappa shape index (κ1) is 9.96. The zero-order valence-electron chi connectivity index (χ0n) is 8.35. The van der Waals surface area contributed by atoms with Crippen LogP contribution in [0.1, 0.15) is 36.2 Å². The van der Waals surface area contributed by atoms with E-state index < -0.39 is 0 Å². The van der Waals surface area contributed by atoms with Gasteiger partial charge in [0.25, 0.3) is 0 Å². The van der Waals surface area contributed by atoms with Crippen molar-refractivity contribution in [2.75, 3.05) is 0 Å². The van der Waals surface area contributed by atoms with Gasteiger partial charge in [0.05, 0.1) is 12.6 Å². The van der Waals surface area contributed by atoms with Crippen molar-refractivity contribution in [3.63, 3.8) is 0 Å². The number of carbonyl (C=O) groups is 2. The summed E-state index contributed by atoms with van der Waals surface area (Å²) in [6.45, 7) is 0. The molecule has 1 saturated carbocycles. The standard InChI is InChI=1S/C11H12N2O2/c14-10(8-2-1-3-8)6-11(15)9-7-12-4-5-13-9/h4-5,7-8H,1-3,6H2. The lowest BCUT2D eigenvalue weighted by molar-refractivity contribution is -0.124. The highest BCUT2D eigenvalue weighted by molar-refractivity contribution is 6.07. The largest absolute Gasteiger partial charge is 0.299 e. The molecule has 0 unspecified atom stereocenters. The second-order valence-corrected chi connectivity index (χ2v) is 3.78. The number of hydrogen-bond donors (Lipinski definition) is 0. The van der Waals surface area contributed by atoms with E-state index in [1.165, 1.54) is 18.6 Å². The summed E-state index contributed by atoms with van der Waals surface area (Å²) in [7, 11) is 0. The van der Waals surface area contributed by atoms with E-state index in [4.69, 9.17) is 0 Å². The van der Waals surface area contributed by atoms with Crippen LogP contribution in [0.3, 0.4) is 0 Å². The van der Waals surface area contributed by atoms with E-state index in [2.05, 4.69) is 9.97 Å². The first-order valence-electron chi connectivity index (χ1n) is 5.09. The Labute approximate surface area is 87.7 Å². The summed E-state index contributed by atoms with van der Waals surface area (Å²) < 4.78 is 0. The fourth-order valence-corrected chi connectivity index (χ4v) is 1.57. The molecule has 0 saturated heterocycles. The van der Waals surface area contributed by atoms with Gasteiger partial charge < -0.3 is 0 Å². The van der Waals surface area contributed by atoms with Gasteiger partial charge >= 0.3 is 0 Å². The van der Waals surface area contributed by atoms with E-state index in [1.807, 2.05) is 0 Å². The van der Waals surface area contributed by atoms with Crippen LogP contribution in [0.25, 0.3) is 0 Å². The van der Waals surface area contributed by atoms with Crippen molar-refractivity contribution in [1.29, 1.82) is 0 Å². The van der Waals surface area contributed by atoms with Crippen molar-refractivity contribution >= 4 is 11.6 Å². The van der Waals surface area contributed by atoms with Crippen molar-refractivity contribution < 1.29 is 9.59 Å². The molecule has 4 nitrogen and oxygen atoms in total. The third kappa shape index (κ3) is 2.26. The average molecular weight is 204 g/mol. The molecular formula is C11H12N2O2. The summed E-state index contributed by atoms with van der Waals surface area (Å²) in [6.07, 6.45) is 7.32. The summed E-state index contributed by atoms with van der Waals surface area (Å²) >= 11 is 0. The van der Waals surface area contributed by atoms with Gasteiger partial charge in [-0.2, -0.15) is 0 Å². The average Bonchev–Trinajstić information content (AvgIpc) is 2.16. The molecule has 0 aliphatic heterocycles. The number of ketones is 2. The molecule has 0 aromatic carbocycles. The third-order valence-corrected chi connectivity index (χ3v) is 2.74. The van der Waals surface area contributed by atoms with Gasteiger partial charge in [-0.3, -0.25) is 14.6 Å². The van der Waals surface area contributed by atoms with Gasteiger partial charge in [0.15, 0.2) is 5.78 Å². The minimum atomic E-state index is -0.222. The van der Waals surface area contributed by atoms with Crippen LogP contribution in [0.5, 0.6) is 0 Å². The Morgan fingerprint density at radius 2 is 2.13 bits per heavy atom. The lowest BCUT2D eigenvalue weighted by Crippen LogP contribution is -2.24. The van der Waals surface area contributed by atoms with Gasteiger partial charge in [-0.15, -0.1) is 0 Å². The van der Waals surface area contributed by atoms with Gasteiger partial charge in [0.1, 0.15) is 11.5 Å². The molecule has 0 N–H and O–H groups in total. The van der Waals surface area contributed by atoms with Crippen molar-refractivity contribution in [2.45, 2.75) is 25.7 Å². The van der Waals surface area contributed by atoms with E-state index in [0.717, 1.165) is 19.3 Å². The number of nitrogens with zero attached hydrogens (tertiary/aromatic N) is 2. The van der Waals surface area contributed by atoms with E-state index in [-0.39, 0.29) is 29.6 Å². The van der Waals surface area contributed by atoms with Crippen LogP contribution in [0.4, 0.5) is 0 Å². The minimum Gasteiger partial charge on any atom is -0.299 e. The quantitative estimate of drug-likeness (QED) is 0.549. The van der Waals surface area contributed by atoms with Gasteiger partial charge in [0.2, 0.25) is 0 Å². The minimum absolute atomic E-state index is 0.0244. The van der Waals surface area contributed by atoms with E-state index >= 15 is 0 Å². The molecule has 1 fully saturated rings. The maximum absolute atomic E-state index is 11.6. The van der Waals surface area contributed by atoms with Gasteiger partial charge in [-0.25, -0.2) is 4.98 Å². The smallest absolute Gasteiger partial charge is 0.190 e. The molecule has 15 heavy (non-hydrogen) atoms. The zero-order chi connectivity index (χ0) is 10.7. The molecule has 1 aliphatic rings. The van der Waals surface area contributed by atoms with Crippen LogP contribution in [0.15, 0.2) is 18.6 Å². The fourth-order valence-electron chi connectivity index (χ4n) is 1.57. The van der Waals surface area contributed by atoms with Crippen LogP contribution >= 0.6 is 0 Å². The van der Waals surface area contributed by atoms with Crippen molar-refractivity contribution in [1.82, 2.24) is 9.97 Å². The summed E-state index contributed by atoms with van der Waals surface area (Å²) in [5.74, 6) is -0.0532. The number of Topliss-reactive ketones (excluding diaryl/α,β-unsaturated/α-hetero) is 2. The van der Waals surface area contributed by atoms with Crippen LogP contribution in [-0.2, 0) is 4.79 Å². The Morgan fingerprint density at radius 3 is 2.67 bits per heavy atom. The summed E-state index contributed by atoms with van der Waals surface area (Å²) in [6, 6.07) is 0. The lowest BCUT2D eigenvalue weighted by atomic mass is 9.80. The highest BCUT2D eigenvalue weighted by atomic mass is 16.1. The van der Waals surface area contributed by atoms with Crippen LogP contribution in [0, 0.1) is 5.92 Å². The molecule has 78 valence electrons. The first-order chi connectivity index (χ1) is 7.27. The molecule has 1 heterocycles. The highest BCUT2D eigenvalue weighted by Gasteiger charge is 2.27. The Hall–Kier alpha value is -1.58. The molecule has 0 spiro atoms. The molecule has 0 atom stereocenters. The second kappa shape index (κ2) is 4.29. The molecule has 0 bridgehead atoms. The predicted octanol–water partition coefficient (Wildman–Crippen LogP) is 1.42. The molecule has 0 amide bonds. The lowest BCUT2D eigenvalue weighted by Gasteiger charge is -2.23. The predicted molar refractivity (Wildman–Crippen MR) is 53.3 cm³/mol. The Balaban J connectivity index is 1.95. The molecule has 1 aromatic rings. The molecule has 4 heteroatoms. The van der Waals surface area contributed by atoms with Crippen molar-refractivity contribution in [2.24, 2.45) is 5.92 Å².